The Labute approximate surface area is 211 Å². The highest BCUT2D eigenvalue weighted by atomic mass is 32.2. The van der Waals surface area contributed by atoms with Crippen LogP contribution in [0.15, 0.2) is 94.0 Å². The highest BCUT2D eigenvalue weighted by Crippen LogP contribution is 2.35. The number of hydrogen-bond donors (Lipinski definition) is 2. The normalized spacial score (nSPS) is 15.4. The van der Waals surface area contributed by atoms with E-state index in [2.05, 4.69) is 15.5 Å². The van der Waals surface area contributed by atoms with E-state index in [1.54, 1.807) is 48.5 Å². The van der Waals surface area contributed by atoms with Gasteiger partial charge in [0.2, 0.25) is 17.7 Å². The van der Waals surface area contributed by atoms with Gasteiger partial charge in [0.1, 0.15) is 0 Å². The van der Waals surface area contributed by atoms with Crippen molar-refractivity contribution in [3.63, 3.8) is 0 Å². The molecule has 1 heterocycles. The van der Waals surface area contributed by atoms with Gasteiger partial charge >= 0.3 is 5.97 Å². The molecule has 0 spiro atoms. The molecule has 3 amide bonds. The summed E-state index contributed by atoms with van der Waals surface area (Å²) in [6, 6.07) is 22.9. The molecule has 0 aliphatic carbocycles. The van der Waals surface area contributed by atoms with E-state index in [0.717, 1.165) is 5.69 Å². The van der Waals surface area contributed by atoms with Crippen molar-refractivity contribution in [3.8, 4) is 0 Å². The third-order valence-corrected chi connectivity index (χ3v) is 6.39. The molecule has 0 unspecified atom stereocenters. The average molecular weight is 503 g/mol. The van der Waals surface area contributed by atoms with Crippen molar-refractivity contribution in [2.75, 3.05) is 10.2 Å². The third kappa shape index (κ3) is 6.42. The lowest BCUT2D eigenvalue weighted by molar-refractivity contribution is -0.138. The number of carboxylic acid groups (broad SMARTS) is 1. The third-order valence-electron chi connectivity index (χ3n) is 5.21. The first-order valence-electron chi connectivity index (χ1n) is 11.1. The van der Waals surface area contributed by atoms with Gasteiger partial charge in [-0.25, -0.2) is 4.90 Å². The zero-order valence-corrected chi connectivity index (χ0v) is 19.9. The Kier molecular flexibility index (Phi) is 7.86. The number of aliphatic carboxylic acids is 1. The number of imide groups is 1. The summed E-state index contributed by atoms with van der Waals surface area (Å²) in [5.41, 5.74) is 2.26. The van der Waals surface area contributed by atoms with E-state index in [1.807, 2.05) is 30.3 Å². The molecular formula is C26H22N4O5S. The standard InChI is InChI=1S/C26H22N4O5S/c31-23(13-14-25(33)34)27-19-7-4-8-21(15-19)36-22-16-24(32)30(26(22)35)20-11-9-18(10-12-20)29-28-17-5-2-1-3-6-17/h1-12,15,22H,13-14,16H2,(H,27,31)(H,33,34)/t22-/m1/s1. The van der Waals surface area contributed by atoms with E-state index in [4.69, 9.17) is 5.11 Å². The Morgan fingerprint density at radius 1 is 0.917 bits per heavy atom. The number of thioether (sulfide) groups is 1. The number of nitrogens with one attached hydrogen (secondary N) is 1. The van der Waals surface area contributed by atoms with Gasteiger partial charge in [0, 0.05) is 23.4 Å². The van der Waals surface area contributed by atoms with Crippen molar-refractivity contribution in [2.45, 2.75) is 29.4 Å². The van der Waals surface area contributed by atoms with Crippen molar-refractivity contribution in [2.24, 2.45) is 10.2 Å². The molecule has 10 heteroatoms. The lowest BCUT2D eigenvalue weighted by Crippen LogP contribution is -2.31. The van der Waals surface area contributed by atoms with E-state index in [9.17, 15) is 19.2 Å². The first-order valence-corrected chi connectivity index (χ1v) is 12.0. The predicted octanol–water partition coefficient (Wildman–Crippen LogP) is 5.33. The number of hydrogen-bond acceptors (Lipinski definition) is 7. The second-order valence-corrected chi connectivity index (χ2v) is 9.18. The lowest BCUT2D eigenvalue weighted by Gasteiger charge is -2.15. The predicted molar refractivity (Wildman–Crippen MR) is 136 cm³/mol. The Bertz CT molecular complexity index is 1310. The molecule has 0 saturated carbocycles. The lowest BCUT2D eigenvalue weighted by atomic mass is 10.2. The number of rotatable bonds is 9. The van der Waals surface area contributed by atoms with E-state index in [-0.39, 0.29) is 31.1 Å². The first kappa shape index (κ1) is 24.8. The number of nitrogens with zero attached hydrogens (tertiary/aromatic N) is 3. The van der Waals surface area contributed by atoms with Gasteiger partial charge in [-0.3, -0.25) is 19.2 Å². The highest BCUT2D eigenvalue weighted by Gasteiger charge is 2.40. The van der Waals surface area contributed by atoms with Crippen LogP contribution in [0.5, 0.6) is 0 Å². The summed E-state index contributed by atoms with van der Waals surface area (Å²) in [6.45, 7) is 0. The largest absolute Gasteiger partial charge is 0.481 e. The van der Waals surface area contributed by atoms with Gasteiger partial charge in [-0.05, 0) is 54.6 Å². The fourth-order valence-corrected chi connectivity index (χ4v) is 4.61. The monoisotopic (exact) mass is 502 g/mol. The summed E-state index contributed by atoms with van der Waals surface area (Å²) < 4.78 is 0. The van der Waals surface area contributed by atoms with Crippen molar-refractivity contribution >= 4 is 58.2 Å². The minimum atomic E-state index is -1.05. The van der Waals surface area contributed by atoms with Crippen molar-refractivity contribution in [1.29, 1.82) is 0 Å². The number of carbonyl (C=O) groups excluding carboxylic acids is 3. The highest BCUT2D eigenvalue weighted by molar-refractivity contribution is 8.00. The molecule has 36 heavy (non-hydrogen) atoms. The van der Waals surface area contributed by atoms with Gasteiger partial charge in [-0.1, -0.05) is 24.3 Å². The average Bonchev–Trinajstić information content (AvgIpc) is 3.15. The Morgan fingerprint density at radius 2 is 1.61 bits per heavy atom. The maximum atomic E-state index is 13.0. The number of carboxylic acids is 1. The fourth-order valence-electron chi connectivity index (χ4n) is 3.50. The van der Waals surface area contributed by atoms with Crippen molar-refractivity contribution < 1.29 is 24.3 Å². The molecule has 1 aliphatic heterocycles. The quantitative estimate of drug-likeness (QED) is 0.301. The van der Waals surface area contributed by atoms with Crippen LogP contribution < -0.4 is 10.2 Å². The van der Waals surface area contributed by atoms with Crippen LogP contribution >= 0.6 is 11.8 Å². The Morgan fingerprint density at radius 3 is 2.31 bits per heavy atom. The van der Waals surface area contributed by atoms with Crippen LogP contribution in [0.1, 0.15) is 19.3 Å². The van der Waals surface area contributed by atoms with Crippen LogP contribution in [0.2, 0.25) is 0 Å². The number of carbonyl (C=O) groups is 4. The van der Waals surface area contributed by atoms with Crippen LogP contribution in [-0.4, -0.2) is 34.0 Å². The molecule has 4 rings (SSSR count). The molecule has 1 atom stereocenters. The number of anilines is 2. The van der Waals surface area contributed by atoms with E-state index in [0.29, 0.717) is 22.0 Å². The van der Waals surface area contributed by atoms with Crippen LogP contribution in [-0.2, 0) is 19.2 Å². The molecular weight excluding hydrogens is 480 g/mol. The zero-order valence-electron chi connectivity index (χ0n) is 19.0. The van der Waals surface area contributed by atoms with E-state index >= 15 is 0 Å². The van der Waals surface area contributed by atoms with Crippen LogP contribution in [0.25, 0.3) is 0 Å². The van der Waals surface area contributed by atoms with Crippen LogP contribution in [0.3, 0.4) is 0 Å². The molecule has 0 bridgehead atoms. The van der Waals surface area contributed by atoms with E-state index in [1.165, 1.54) is 16.7 Å². The van der Waals surface area contributed by atoms with Crippen molar-refractivity contribution in [3.05, 3.63) is 78.9 Å². The smallest absolute Gasteiger partial charge is 0.303 e. The summed E-state index contributed by atoms with van der Waals surface area (Å²) >= 11 is 1.24. The first-order chi connectivity index (χ1) is 17.4. The van der Waals surface area contributed by atoms with Crippen LogP contribution in [0.4, 0.5) is 22.7 Å². The maximum Gasteiger partial charge on any atom is 0.303 e. The molecule has 182 valence electrons. The summed E-state index contributed by atoms with van der Waals surface area (Å²) in [5.74, 6) is -2.08. The molecule has 2 N–H and O–H groups in total. The number of benzene rings is 3. The molecule has 1 saturated heterocycles. The Balaban J connectivity index is 1.39. The molecule has 9 nitrogen and oxygen atoms in total. The van der Waals surface area contributed by atoms with E-state index < -0.39 is 17.1 Å². The van der Waals surface area contributed by atoms with Gasteiger partial charge in [0.15, 0.2) is 0 Å². The minimum absolute atomic E-state index is 0.0498. The van der Waals surface area contributed by atoms with Gasteiger partial charge in [0.25, 0.3) is 0 Å². The molecule has 1 aliphatic rings. The minimum Gasteiger partial charge on any atom is -0.481 e. The Hall–Kier alpha value is -4.31. The fraction of sp³-hybridized carbons (Fsp3) is 0.154. The van der Waals surface area contributed by atoms with Crippen LogP contribution in [0, 0.1) is 0 Å². The molecule has 1 fully saturated rings. The summed E-state index contributed by atoms with van der Waals surface area (Å²) in [7, 11) is 0. The maximum absolute atomic E-state index is 13.0. The van der Waals surface area contributed by atoms with Gasteiger partial charge < -0.3 is 10.4 Å². The molecule has 3 aromatic rings. The molecule has 3 aromatic carbocycles. The summed E-state index contributed by atoms with van der Waals surface area (Å²) in [5, 5.41) is 19.1. The molecule has 0 radical (unpaired) electrons. The summed E-state index contributed by atoms with van der Waals surface area (Å²) in [4.78, 5) is 50.1. The van der Waals surface area contributed by atoms with Gasteiger partial charge in [-0.15, -0.1) is 11.8 Å². The number of azo groups is 1. The molecule has 0 aromatic heterocycles. The zero-order chi connectivity index (χ0) is 25.5. The second kappa shape index (κ2) is 11.4. The summed E-state index contributed by atoms with van der Waals surface area (Å²) in [6.07, 6.45) is -0.344. The van der Waals surface area contributed by atoms with Crippen molar-refractivity contribution in [1.82, 2.24) is 0 Å². The topological polar surface area (TPSA) is 128 Å². The van der Waals surface area contributed by atoms with Gasteiger partial charge in [0.05, 0.1) is 28.7 Å². The number of amides is 3. The van der Waals surface area contributed by atoms with Gasteiger partial charge in [-0.2, -0.15) is 10.2 Å². The SMILES string of the molecule is O=C(O)CCC(=O)Nc1cccc(S[C@@H]2CC(=O)N(c3ccc(N=Nc4ccccc4)cc3)C2=O)c1. The second-order valence-electron chi connectivity index (χ2n) is 7.90.